The lowest BCUT2D eigenvalue weighted by Crippen LogP contribution is -2.45. The molecule has 0 aliphatic heterocycles. The summed E-state index contributed by atoms with van der Waals surface area (Å²) in [6.45, 7) is 11.1. The van der Waals surface area contributed by atoms with Gasteiger partial charge in [-0.05, 0) is 58.7 Å². The molecule has 148 valence electrons. The molecule has 2 rings (SSSR count). The van der Waals surface area contributed by atoms with E-state index in [2.05, 4.69) is 60.6 Å². The summed E-state index contributed by atoms with van der Waals surface area (Å²) >= 11 is 0. The lowest BCUT2D eigenvalue weighted by molar-refractivity contribution is 0.223. The number of aromatic nitrogens is 2. The van der Waals surface area contributed by atoms with Crippen molar-refractivity contribution >= 4 is 5.96 Å². The van der Waals surface area contributed by atoms with Gasteiger partial charge in [0.25, 0.3) is 0 Å². The molecule has 27 heavy (non-hydrogen) atoms. The molecule has 6 heteroatoms. The van der Waals surface area contributed by atoms with Gasteiger partial charge < -0.3 is 15.4 Å². The van der Waals surface area contributed by atoms with E-state index in [0.29, 0.717) is 6.54 Å². The molecule has 2 atom stereocenters. The van der Waals surface area contributed by atoms with Crippen LogP contribution in [0.15, 0.2) is 29.3 Å². The molecule has 0 saturated heterocycles. The van der Waals surface area contributed by atoms with Crippen molar-refractivity contribution in [2.75, 3.05) is 13.6 Å². The van der Waals surface area contributed by atoms with Gasteiger partial charge in [-0.15, -0.1) is 0 Å². The third kappa shape index (κ3) is 6.01. The van der Waals surface area contributed by atoms with Crippen molar-refractivity contribution in [1.82, 2.24) is 20.4 Å². The molecule has 0 bridgehead atoms. The number of aliphatic imine (C=N–C) groups is 1. The molecule has 0 spiro atoms. The second kappa shape index (κ2) is 9.44. The van der Waals surface area contributed by atoms with E-state index in [-0.39, 0.29) is 12.1 Å². The van der Waals surface area contributed by atoms with Crippen LogP contribution in [-0.4, -0.2) is 41.5 Å². The number of guanidine groups is 1. The van der Waals surface area contributed by atoms with Crippen molar-refractivity contribution in [1.29, 1.82) is 0 Å². The van der Waals surface area contributed by atoms with E-state index < -0.39 is 0 Å². The Bertz CT molecular complexity index is 764. The maximum atomic E-state index is 5.94. The zero-order valence-electron chi connectivity index (χ0n) is 17.6. The van der Waals surface area contributed by atoms with Crippen LogP contribution in [0.25, 0.3) is 0 Å². The van der Waals surface area contributed by atoms with Crippen LogP contribution in [0.3, 0.4) is 0 Å². The molecule has 2 N–H and O–H groups in total. The molecule has 2 aromatic rings. The van der Waals surface area contributed by atoms with Crippen LogP contribution in [0.2, 0.25) is 0 Å². The average Bonchev–Trinajstić information content (AvgIpc) is 2.86. The second-order valence-electron chi connectivity index (χ2n) is 7.22. The third-order valence-corrected chi connectivity index (χ3v) is 4.69. The first-order valence-corrected chi connectivity index (χ1v) is 9.49. The van der Waals surface area contributed by atoms with Gasteiger partial charge in [-0.2, -0.15) is 5.10 Å². The standard InChI is InChI=1S/C21H33N5O/c1-14-8-10-19(11-9-14)27-16(3)13-23-21(22-6)24-15(2)12-20-17(4)25-26(7)18(20)5/h8-11,15-16H,12-13H2,1-7H3,(H2,22,23,24). The van der Waals surface area contributed by atoms with E-state index in [0.717, 1.165) is 23.8 Å². The predicted molar refractivity (Wildman–Crippen MR) is 112 cm³/mol. The highest BCUT2D eigenvalue weighted by atomic mass is 16.5. The Balaban J connectivity index is 1.83. The highest BCUT2D eigenvalue weighted by Gasteiger charge is 2.14. The number of nitrogens with one attached hydrogen (secondary N) is 2. The van der Waals surface area contributed by atoms with Gasteiger partial charge in [0.15, 0.2) is 5.96 Å². The molecule has 0 radical (unpaired) electrons. The first kappa shape index (κ1) is 20.8. The minimum Gasteiger partial charge on any atom is -0.489 e. The molecule has 0 aliphatic rings. The summed E-state index contributed by atoms with van der Waals surface area (Å²) in [6, 6.07) is 8.35. The number of hydrogen-bond donors (Lipinski definition) is 2. The summed E-state index contributed by atoms with van der Waals surface area (Å²) < 4.78 is 7.88. The van der Waals surface area contributed by atoms with E-state index in [4.69, 9.17) is 4.74 Å². The number of benzene rings is 1. The van der Waals surface area contributed by atoms with Gasteiger partial charge in [0.1, 0.15) is 11.9 Å². The van der Waals surface area contributed by atoms with Gasteiger partial charge in [0.05, 0.1) is 12.2 Å². The molecule has 0 fully saturated rings. The molecule has 1 heterocycles. The predicted octanol–water partition coefficient (Wildman–Crippen LogP) is 2.91. The molecular formula is C21H33N5O. The summed E-state index contributed by atoms with van der Waals surface area (Å²) in [7, 11) is 3.77. The maximum absolute atomic E-state index is 5.94. The second-order valence-corrected chi connectivity index (χ2v) is 7.22. The highest BCUT2D eigenvalue weighted by Crippen LogP contribution is 2.14. The van der Waals surface area contributed by atoms with Crippen molar-refractivity contribution in [2.24, 2.45) is 12.0 Å². The summed E-state index contributed by atoms with van der Waals surface area (Å²) in [5, 5.41) is 11.3. The Morgan fingerprint density at radius 1 is 1.19 bits per heavy atom. The van der Waals surface area contributed by atoms with Crippen molar-refractivity contribution in [3.8, 4) is 5.75 Å². The topological polar surface area (TPSA) is 63.5 Å². The van der Waals surface area contributed by atoms with Crippen LogP contribution in [-0.2, 0) is 13.5 Å². The van der Waals surface area contributed by atoms with Crippen LogP contribution in [0.1, 0.15) is 36.4 Å². The van der Waals surface area contributed by atoms with E-state index in [1.807, 2.05) is 30.8 Å². The molecule has 1 aromatic heterocycles. The van der Waals surface area contributed by atoms with Crippen molar-refractivity contribution in [3.63, 3.8) is 0 Å². The first-order chi connectivity index (χ1) is 12.8. The van der Waals surface area contributed by atoms with E-state index in [1.54, 1.807) is 7.05 Å². The van der Waals surface area contributed by atoms with Crippen LogP contribution in [0.5, 0.6) is 5.75 Å². The normalized spacial score (nSPS) is 14.0. The summed E-state index contributed by atoms with van der Waals surface area (Å²) in [6.07, 6.45) is 0.936. The monoisotopic (exact) mass is 371 g/mol. The third-order valence-electron chi connectivity index (χ3n) is 4.69. The van der Waals surface area contributed by atoms with Crippen LogP contribution < -0.4 is 15.4 Å². The lowest BCUT2D eigenvalue weighted by atomic mass is 10.1. The number of ether oxygens (including phenoxy) is 1. The molecule has 6 nitrogen and oxygen atoms in total. The van der Waals surface area contributed by atoms with Gasteiger partial charge in [0.2, 0.25) is 0 Å². The highest BCUT2D eigenvalue weighted by molar-refractivity contribution is 5.80. The number of hydrogen-bond acceptors (Lipinski definition) is 3. The fourth-order valence-electron chi connectivity index (χ4n) is 3.03. The Morgan fingerprint density at radius 3 is 2.41 bits per heavy atom. The Morgan fingerprint density at radius 2 is 1.85 bits per heavy atom. The van der Waals surface area contributed by atoms with Gasteiger partial charge in [-0.3, -0.25) is 9.67 Å². The SMILES string of the molecule is CN=C(NCC(C)Oc1ccc(C)cc1)NC(C)Cc1c(C)nn(C)c1C. The molecular weight excluding hydrogens is 338 g/mol. The molecule has 0 saturated carbocycles. The van der Waals surface area contributed by atoms with Crippen LogP contribution in [0.4, 0.5) is 0 Å². The van der Waals surface area contributed by atoms with Gasteiger partial charge in [-0.25, -0.2) is 0 Å². The quantitative estimate of drug-likeness (QED) is 0.580. The van der Waals surface area contributed by atoms with Crippen molar-refractivity contribution in [2.45, 2.75) is 53.2 Å². The maximum Gasteiger partial charge on any atom is 0.191 e. The number of rotatable bonds is 7. The largest absolute Gasteiger partial charge is 0.489 e. The number of aryl methyl sites for hydroxylation is 3. The van der Waals surface area contributed by atoms with Crippen LogP contribution in [0, 0.1) is 20.8 Å². The fraction of sp³-hybridized carbons (Fsp3) is 0.524. The minimum atomic E-state index is 0.0318. The lowest BCUT2D eigenvalue weighted by Gasteiger charge is -2.21. The van der Waals surface area contributed by atoms with Crippen molar-refractivity contribution in [3.05, 3.63) is 46.8 Å². The molecule has 0 amide bonds. The summed E-state index contributed by atoms with van der Waals surface area (Å²) in [5.74, 6) is 1.66. The zero-order valence-corrected chi connectivity index (χ0v) is 17.6. The van der Waals surface area contributed by atoms with Gasteiger partial charge >= 0.3 is 0 Å². The summed E-state index contributed by atoms with van der Waals surface area (Å²) in [4.78, 5) is 4.33. The summed E-state index contributed by atoms with van der Waals surface area (Å²) in [5.41, 5.74) is 4.82. The van der Waals surface area contributed by atoms with E-state index >= 15 is 0 Å². The molecule has 1 aromatic carbocycles. The van der Waals surface area contributed by atoms with Gasteiger partial charge in [-0.1, -0.05) is 17.7 Å². The Labute approximate surface area is 163 Å². The zero-order chi connectivity index (χ0) is 20.0. The molecule has 0 aliphatic carbocycles. The van der Waals surface area contributed by atoms with Crippen molar-refractivity contribution < 1.29 is 4.74 Å². The Kier molecular flexibility index (Phi) is 7.28. The number of nitrogens with zero attached hydrogens (tertiary/aromatic N) is 3. The van der Waals surface area contributed by atoms with Gasteiger partial charge in [0, 0.05) is 25.8 Å². The first-order valence-electron chi connectivity index (χ1n) is 9.49. The smallest absolute Gasteiger partial charge is 0.191 e. The minimum absolute atomic E-state index is 0.0318. The van der Waals surface area contributed by atoms with E-state index in [1.165, 1.54) is 16.8 Å². The van der Waals surface area contributed by atoms with E-state index in [9.17, 15) is 0 Å². The van der Waals surface area contributed by atoms with Crippen LogP contribution >= 0.6 is 0 Å². The Hall–Kier alpha value is -2.50. The average molecular weight is 372 g/mol. The fourth-order valence-corrected chi connectivity index (χ4v) is 3.03. The molecule has 2 unspecified atom stereocenters.